The summed E-state index contributed by atoms with van der Waals surface area (Å²) in [6.07, 6.45) is 2.77. The van der Waals surface area contributed by atoms with Crippen molar-refractivity contribution in [1.82, 2.24) is 0 Å². The molecule has 194 valence electrons. The standard InChI is InChI=1S/C20H15N3O4.C7H8O3S/c21-20(22)16-5-4-15-12-18(9-6-14(15)11-16)27-19(24)10-3-13-1-7-17(8-2-13)23(25)26;1-6-2-4-7(5-3-6)11(8,9)10/h1-12H,(H3,21,22);2-5H,1H3,(H,8,9,10). The van der Waals surface area contributed by atoms with Crippen LogP contribution in [0.1, 0.15) is 16.7 Å². The van der Waals surface area contributed by atoms with Crippen molar-refractivity contribution in [3.63, 3.8) is 0 Å². The van der Waals surface area contributed by atoms with E-state index in [0.717, 1.165) is 16.3 Å². The molecule has 4 rings (SSSR count). The van der Waals surface area contributed by atoms with Gasteiger partial charge in [-0.2, -0.15) is 8.42 Å². The first kappa shape index (κ1) is 27.7. The predicted octanol–water partition coefficient (Wildman–Crippen LogP) is 4.89. The molecule has 0 aliphatic heterocycles. The van der Waals surface area contributed by atoms with Crippen LogP contribution >= 0.6 is 0 Å². The Morgan fingerprint density at radius 2 is 1.58 bits per heavy atom. The SMILES string of the molecule is Cc1ccc(S(=O)(=O)O)cc1.N=C(N)c1ccc2cc(OC(=O)C=Cc3ccc([N+](=O)[O-])cc3)ccc2c1. The zero-order valence-corrected chi connectivity index (χ0v) is 20.9. The van der Waals surface area contributed by atoms with Crippen molar-refractivity contribution in [2.75, 3.05) is 0 Å². The number of nitro groups is 1. The van der Waals surface area contributed by atoms with Gasteiger partial charge < -0.3 is 10.5 Å². The summed E-state index contributed by atoms with van der Waals surface area (Å²) >= 11 is 0. The zero-order chi connectivity index (χ0) is 27.9. The number of amidine groups is 1. The number of esters is 1. The Morgan fingerprint density at radius 3 is 2.16 bits per heavy atom. The van der Waals surface area contributed by atoms with Gasteiger partial charge in [-0.15, -0.1) is 0 Å². The van der Waals surface area contributed by atoms with Gasteiger partial charge in [0, 0.05) is 23.8 Å². The van der Waals surface area contributed by atoms with Gasteiger partial charge in [0.1, 0.15) is 11.6 Å². The summed E-state index contributed by atoms with van der Waals surface area (Å²) in [5, 5.41) is 19.8. The molecule has 0 unspecified atom stereocenters. The molecule has 0 aromatic heterocycles. The fraction of sp³-hybridized carbons (Fsp3) is 0.0370. The Hall–Kier alpha value is -4.87. The van der Waals surface area contributed by atoms with E-state index in [4.69, 9.17) is 20.4 Å². The maximum atomic E-state index is 12.0. The van der Waals surface area contributed by atoms with Crippen molar-refractivity contribution < 1.29 is 27.4 Å². The molecular weight excluding hydrogens is 510 g/mol. The van der Waals surface area contributed by atoms with E-state index in [0.29, 0.717) is 16.9 Å². The number of nitrogens with two attached hydrogens (primary N) is 1. The Labute approximate surface area is 218 Å². The van der Waals surface area contributed by atoms with Gasteiger partial charge in [0.25, 0.3) is 15.8 Å². The van der Waals surface area contributed by atoms with Crippen LogP contribution in [0, 0.1) is 22.4 Å². The Balaban J connectivity index is 0.000000304. The molecule has 38 heavy (non-hydrogen) atoms. The van der Waals surface area contributed by atoms with Gasteiger partial charge in [0.2, 0.25) is 0 Å². The number of non-ortho nitro benzene ring substituents is 1. The second-order valence-electron chi connectivity index (χ2n) is 8.03. The Morgan fingerprint density at radius 1 is 0.974 bits per heavy atom. The van der Waals surface area contributed by atoms with Crippen LogP contribution in [0.5, 0.6) is 5.75 Å². The summed E-state index contributed by atoms with van der Waals surface area (Å²) in [6, 6.07) is 22.3. The van der Waals surface area contributed by atoms with E-state index in [1.807, 2.05) is 6.92 Å². The zero-order valence-electron chi connectivity index (χ0n) is 20.1. The molecule has 0 atom stereocenters. The van der Waals surface area contributed by atoms with E-state index < -0.39 is 21.0 Å². The van der Waals surface area contributed by atoms with Gasteiger partial charge in [0.05, 0.1) is 9.82 Å². The van der Waals surface area contributed by atoms with E-state index >= 15 is 0 Å². The first-order valence-electron chi connectivity index (χ1n) is 11.0. The molecule has 0 radical (unpaired) electrons. The van der Waals surface area contributed by atoms with Crippen molar-refractivity contribution in [3.8, 4) is 5.75 Å². The van der Waals surface area contributed by atoms with Crippen LogP contribution < -0.4 is 10.5 Å². The third-order valence-electron chi connectivity index (χ3n) is 5.18. The van der Waals surface area contributed by atoms with Crippen molar-refractivity contribution in [2.24, 2.45) is 5.73 Å². The van der Waals surface area contributed by atoms with Crippen molar-refractivity contribution in [2.45, 2.75) is 11.8 Å². The predicted molar refractivity (Wildman–Crippen MR) is 144 cm³/mol. The number of benzene rings is 4. The largest absolute Gasteiger partial charge is 0.423 e. The minimum atomic E-state index is -4.02. The monoisotopic (exact) mass is 533 g/mol. The minimum Gasteiger partial charge on any atom is -0.423 e. The number of fused-ring (bicyclic) bond motifs is 1. The summed E-state index contributed by atoms with van der Waals surface area (Å²) < 4.78 is 34.8. The highest BCUT2D eigenvalue weighted by atomic mass is 32.2. The lowest BCUT2D eigenvalue weighted by molar-refractivity contribution is -0.384. The molecule has 4 N–H and O–H groups in total. The van der Waals surface area contributed by atoms with Crippen LogP contribution in [0.2, 0.25) is 0 Å². The Kier molecular flexibility index (Phi) is 8.69. The number of carbonyl (C=O) groups excluding carboxylic acids is 1. The van der Waals surface area contributed by atoms with Gasteiger partial charge in [0.15, 0.2) is 0 Å². The number of nitrogens with zero attached hydrogens (tertiary/aromatic N) is 1. The second-order valence-corrected chi connectivity index (χ2v) is 9.45. The molecule has 0 bridgehead atoms. The highest BCUT2D eigenvalue weighted by Gasteiger charge is 2.07. The van der Waals surface area contributed by atoms with E-state index in [-0.39, 0.29) is 16.4 Å². The molecule has 11 heteroatoms. The number of nitrogens with one attached hydrogen (secondary N) is 1. The topological polar surface area (TPSA) is 174 Å². The number of ether oxygens (including phenoxy) is 1. The lowest BCUT2D eigenvalue weighted by atomic mass is 10.1. The van der Waals surface area contributed by atoms with Crippen molar-refractivity contribution in [1.29, 1.82) is 5.41 Å². The molecule has 0 fully saturated rings. The third kappa shape index (κ3) is 7.82. The summed E-state index contributed by atoms with van der Waals surface area (Å²) in [4.78, 5) is 22.0. The molecule has 0 aliphatic rings. The van der Waals surface area contributed by atoms with Gasteiger partial charge in [-0.1, -0.05) is 35.9 Å². The first-order chi connectivity index (χ1) is 17.9. The highest BCUT2D eigenvalue weighted by Crippen LogP contribution is 2.22. The Bertz CT molecular complexity index is 1630. The molecular formula is C27H23N3O7S. The fourth-order valence-corrected chi connectivity index (χ4v) is 3.67. The summed E-state index contributed by atoms with van der Waals surface area (Å²) in [5.41, 5.74) is 7.69. The average molecular weight is 534 g/mol. The smallest absolute Gasteiger partial charge is 0.336 e. The number of hydrogen-bond acceptors (Lipinski definition) is 7. The van der Waals surface area contributed by atoms with E-state index in [1.165, 1.54) is 36.4 Å². The quantitative estimate of drug-likeness (QED) is 0.0459. The van der Waals surface area contributed by atoms with Gasteiger partial charge in [-0.3, -0.25) is 20.1 Å². The molecule has 4 aromatic carbocycles. The van der Waals surface area contributed by atoms with Crippen LogP contribution in [-0.2, 0) is 14.9 Å². The highest BCUT2D eigenvalue weighted by molar-refractivity contribution is 7.85. The van der Waals surface area contributed by atoms with Crippen LogP contribution in [0.15, 0.2) is 95.9 Å². The van der Waals surface area contributed by atoms with Gasteiger partial charge >= 0.3 is 5.97 Å². The van der Waals surface area contributed by atoms with Crippen LogP contribution in [0.3, 0.4) is 0 Å². The number of nitro benzene ring substituents is 1. The van der Waals surface area contributed by atoms with Crippen molar-refractivity contribution in [3.05, 3.63) is 118 Å². The van der Waals surface area contributed by atoms with E-state index in [9.17, 15) is 23.3 Å². The fourth-order valence-electron chi connectivity index (χ4n) is 3.19. The van der Waals surface area contributed by atoms with E-state index in [1.54, 1.807) is 60.7 Å². The third-order valence-corrected chi connectivity index (χ3v) is 6.04. The van der Waals surface area contributed by atoms with Gasteiger partial charge in [-0.25, -0.2) is 4.79 Å². The molecule has 0 amide bonds. The molecule has 0 saturated heterocycles. The molecule has 0 saturated carbocycles. The van der Waals surface area contributed by atoms with Crippen LogP contribution in [0.4, 0.5) is 5.69 Å². The van der Waals surface area contributed by atoms with Crippen LogP contribution in [-0.4, -0.2) is 29.7 Å². The molecule has 4 aromatic rings. The first-order valence-corrected chi connectivity index (χ1v) is 12.4. The maximum absolute atomic E-state index is 12.0. The van der Waals surface area contributed by atoms with Gasteiger partial charge in [-0.05, 0) is 71.8 Å². The summed E-state index contributed by atoms with van der Waals surface area (Å²) in [6.45, 7) is 1.84. The van der Waals surface area contributed by atoms with Crippen LogP contribution in [0.25, 0.3) is 16.8 Å². The minimum absolute atomic E-state index is 0.0104. The molecule has 0 spiro atoms. The average Bonchev–Trinajstić information content (AvgIpc) is 2.87. The van der Waals surface area contributed by atoms with E-state index in [2.05, 4.69) is 0 Å². The number of nitrogen functional groups attached to an aromatic ring is 1. The summed E-state index contributed by atoms with van der Waals surface area (Å²) in [5.74, 6) is -0.187. The number of aryl methyl sites for hydroxylation is 1. The molecule has 0 heterocycles. The normalized spacial score (nSPS) is 11.0. The number of carbonyl (C=O) groups is 1. The lowest BCUT2D eigenvalue weighted by Gasteiger charge is -2.05. The second kappa shape index (κ2) is 11.9. The maximum Gasteiger partial charge on any atom is 0.336 e. The number of hydrogen-bond donors (Lipinski definition) is 3. The van der Waals surface area contributed by atoms with Crippen molar-refractivity contribution >= 4 is 44.5 Å². The lowest BCUT2D eigenvalue weighted by Crippen LogP contribution is -2.10. The molecule has 10 nitrogen and oxygen atoms in total. The number of rotatable bonds is 6. The summed E-state index contributed by atoms with van der Waals surface area (Å²) in [7, 11) is -4.02. The molecule has 0 aliphatic carbocycles.